The van der Waals surface area contributed by atoms with E-state index in [1.165, 1.54) is 12.8 Å². The van der Waals surface area contributed by atoms with Crippen LogP contribution in [0.15, 0.2) is 3.92 Å². The Kier molecular flexibility index (Phi) is 4.66. The summed E-state index contributed by atoms with van der Waals surface area (Å²) in [5.41, 5.74) is 0. The van der Waals surface area contributed by atoms with Gasteiger partial charge in [-0.05, 0) is 29.3 Å². The Balaban J connectivity index is 2.56. The highest BCUT2D eigenvalue weighted by Gasteiger charge is 2.08. The number of halogens is 1. The molecular weight excluding hydrogens is 250 g/mol. The van der Waals surface area contributed by atoms with Crippen LogP contribution in [0.2, 0.25) is 0 Å². The standard InChI is InChI=1S/C8H14BrN3S/c1-3-5-6-12(4-2)8-11-10-7(9)13-8/h3-6H2,1-2H3. The molecule has 0 fully saturated rings. The van der Waals surface area contributed by atoms with Crippen LogP contribution in [0.25, 0.3) is 0 Å². The van der Waals surface area contributed by atoms with Gasteiger partial charge in [-0.15, -0.1) is 10.2 Å². The zero-order chi connectivity index (χ0) is 9.68. The topological polar surface area (TPSA) is 29.0 Å². The molecular formula is C8H14BrN3S. The van der Waals surface area contributed by atoms with E-state index in [4.69, 9.17) is 0 Å². The van der Waals surface area contributed by atoms with E-state index < -0.39 is 0 Å². The first-order valence-corrected chi connectivity index (χ1v) is 6.12. The Morgan fingerprint density at radius 3 is 2.62 bits per heavy atom. The second kappa shape index (κ2) is 5.54. The van der Waals surface area contributed by atoms with E-state index in [0.717, 1.165) is 22.1 Å². The van der Waals surface area contributed by atoms with Crippen LogP contribution in [0.5, 0.6) is 0 Å². The molecule has 0 radical (unpaired) electrons. The highest BCUT2D eigenvalue weighted by molar-refractivity contribution is 9.11. The molecule has 13 heavy (non-hydrogen) atoms. The van der Waals surface area contributed by atoms with Crippen molar-refractivity contribution in [2.24, 2.45) is 0 Å². The molecule has 5 heteroatoms. The average molecular weight is 264 g/mol. The van der Waals surface area contributed by atoms with Crippen LogP contribution in [-0.2, 0) is 0 Å². The Morgan fingerprint density at radius 2 is 2.15 bits per heavy atom. The number of hydrogen-bond acceptors (Lipinski definition) is 4. The van der Waals surface area contributed by atoms with E-state index in [1.807, 2.05) is 0 Å². The molecule has 0 spiro atoms. The third-order valence-corrected chi connectivity index (χ3v) is 3.24. The maximum absolute atomic E-state index is 4.09. The lowest BCUT2D eigenvalue weighted by molar-refractivity contribution is 0.726. The molecule has 1 aromatic heterocycles. The molecule has 0 aromatic carbocycles. The number of unbranched alkanes of at least 4 members (excludes halogenated alkanes) is 1. The lowest BCUT2D eigenvalue weighted by Gasteiger charge is -2.18. The lowest BCUT2D eigenvalue weighted by Crippen LogP contribution is -2.23. The second-order valence-corrected chi connectivity index (χ2v) is 5.00. The molecule has 0 aliphatic rings. The maximum Gasteiger partial charge on any atom is 0.209 e. The van der Waals surface area contributed by atoms with Gasteiger partial charge in [0.1, 0.15) is 0 Å². The van der Waals surface area contributed by atoms with Crippen molar-refractivity contribution in [3.8, 4) is 0 Å². The van der Waals surface area contributed by atoms with E-state index in [2.05, 4.69) is 44.9 Å². The van der Waals surface area contributed by atoms with Gasteiger partial charge in [0.15, 0.2) is 3.92 Å². The van der Waals surface area contributed by atoms with Crippen LogP contribution in [-0.4, -0.2) is 23.3 Å². The number of aromatic nitrogens is 2. The minimum atomic E-state index is 0.859. The van der Waals surface area contributed by atoms with Crippen molar-refractivity contribution in [1.29, 1.82) is 0 Å². The summed E-state index contributed by atoms with van der Waals surface area (Å²) in [7, 11) is 0. The Bertz CT molecular complexity index is 251. The van der Waals surface area contributed by atoms with Crippen LogP contribution < -0.4 is 4.90 Å². The van der Waals surface area contributed by atoms with Gasteiger partial charge in [0, 0.05) is 13.1 Å². The molecule has 0 atom stereocenters. The molecule has 1 aromatic rings. The van der Waals surface area contributed by atoms with Gasteiger partial charge in [-0.2, -0.15) is 0 Å². The molecule has 3 nitrogen and oxygen atoms in total. The minimum absolute atomic E-state index is 0.859. The summed E-state index contributed by atoms with van der Waals surface area (Å²) in [6, 6.07) is 0. The highest BCUT2D eigenvalue weighted by Crippen LogP contribution is 2.23. The normalized spacial score (nSPS) is 10.4. The van der Waals surface area contributed by atoms with Gasteiger partial charge in [0.2, 0.25) is 5.13 Å². The van der Waals surface area contributed by atoms with Gasteiger partial charge < -0.3 is 4.90 Å². The second-order valence-electron chi connectivity index (χ2n) is 2.77. The molecule has 0 unspecified atom stereocenters. The van der Waals surface area contributed by atoms with Crippen LogP contribution in [0.4, 0.5) is 5.13 Å². The Hall–Kier alpha value is -0.160. The zero-order valence-corrected chi connectivity index (χ0v) is 10.4. The quantitative estimate of drug-likeness (QED) is 0.818. The van der Waals surface area contributed by atoms with Crippen molar-refractivity contribution >= 4 is 32.4 Å². The smallest absolute Gasteiger partial charge is 0.209 e. The fourth-order valence-electron chi connectivity index (χ4n) is 1.06. The van der Waals surface area contributed by atoms with Crippen molar-refractivity contribution in [2.45, 2.75) is 26.7 Å². The summed E-state index contributed by atoms with van der Waals surface area (Å²) in [6.45, 7) is 6.42. The van der Waals surface area contributed by atoms with Crippen LogP contribution in [0.3, 0.4) is 0 Å². The summed E-state index contributed by atoms with van der Waals surface area (Å²) in [6.07, 6.45) is 2.43. The number of hydrogen-bond donors (Lipinski definition) is 0. The van der Waals surface area contributed by atoms with Crippen molar-refractivity contribution in [1.82, 2.24) is 10.2 Å². The molecule has 0 aliphatic carbocycles. The highest BCUT2D eigenvalue weighted by atomic mass is 79.9. The van der Waals surface area contributed by atoms with E-state index in [-0.39, 0.29) is 0 Å². The summed E-state index contributed by atoms with van der Waals surface area (Å²) < 4.78 is 0.859. The zero-order valence-electron chi connectivity index (χ0n) is 7.96. The molecule has 1 heterocycles. The van der Waals surface area contributed by atoms with Crippen molar-refractivity contribution < 1.29 is 0 Å². The van der Waals surface area contributed by atoms with E-state index in [0.29, 0.717) is 0 Å². The predicted octanol–water partition coefficient (Wildman–Crippen LogP) is 2.93. The van der Waals surface area contributed by atoms with Crippen LogP contribution >= 0.6 is 27.3 Å². The Labute approximate surface area is 91.3 Å². The number of nitrogens with zero attached hydrogens (tertiary/aromatic N) is 3. The third-order valence-electron chi connectivity index (χ3n) is 1.82. The van der Waals surface area contributed by atoms with Crippen molar-refractivity contribution in [3.05, 3.63) is 3.92 Å². The van der Waals surface area contributed by atoms with E-state index >= 15 is 0 Å². The van der Waals surface area contributed by atoms with Gasteiger partial charge in [0.05, 0.1) is 0 Å². The van der Waals surface area contributed by atoms with Gasteiger partial charge in [-0.3, -0.25) is 0 Å². The van der Waals surface area contributed by atoms with Gasteiger partial charge in [0.25, 0.3) is 0 Å². The molecule has 0 bridgehead atoms. The summed E-state index contributed by atoms with van der Waals surface area (Å²) in [5.74, 6) is 0. The molecule has 1 rings (SSSR count). The molecule has 0 aliphatic heterocycles. The first kappa shape index (κ1) is 10.9. The molecule has 0 saturated carbocycles. The lowest BCUT2D eigenvalue weighted by atomic mass is 10.3. The molecule has 0 amide bonds. The molecule has 0 saturated heterocycles. The summed E-state index contributed by atoms with van der Waals surface area (Å²) in [4.78, 5) is 2.26. The van der Waals surface area contributed by atoms with E-state index in [1.54, 1.807) is 11.3 Å². The van der Waals surface area contributed by atoms with Crippen LogP contribution in [0, 0.1) is 0 Å². The third kappa shape index (κ3) is 3.23. The first-order chi connectivity index (χ1) is 6.27. The number of anilines is 1. The fraction of sp³-hybridized carbons (Fsp3) is 0.750. The maximum atomic E-state index is 4.09. The van der Waals surface area contributed by atoms with Crippen molar-refractivity contribution in [2.75, 3.05) is 18.0 Å². The average Bonchev–Trinajstić information content (AvgIpc) is 2.54. The Morgan fingerprint density at radius 1 is 1.38 bits per heavy atom. The molecule has 0 N–H and O–H groups in total. The molecule has 74 valence electrons. The SMILES string of the molecule is CCCCN(CC)c1nnc(Br)s1. The van der Waals surface area contributed by atoms with Gasteiger partial charge >= 0.3 is 0 Å². The summed E-state index contributed by atoms with van der Waals surface area (Å²) >= 11 is 4.91. The predicted molar refractivity (Wildman–Crippen MR) is 60.4 cm³/mol. The van der Waals surface area contributed by atoms with Gasteiger partial charge in [-0.25, -0.2) is 0 Å². The first-order valence-electron chi connectivity index (χ1n) is 4.51. The summed E-state index contributed by atoms with van der Waals surface area (Å²) in [5, 5.41) is 9.04. The van der Waals surface area contributed by atoms with E-state index in [9.17, 15) is 0 Å². The van der Waals surface area contributed by atoms with Crippen molar-refractivity contribution in [3.63, 3.8) is 0 Å². The monoisotopic (exact) mass is 263 g/mol. The van der Waals surface area contributed by atoms with Gasteiger partial charge in [-0.1, -0.05) is 24.7 Å². The van der Waals surface area contributed by atoms with Crippen LogP contribution in [0.1, 0.15) is 26.7 Å². The minimum Gasteiger partial charge on any atom is -0.347 e. The fourth-order valence-corrected chi connectivity index (χ4v) is 2.24. The number of rotatable bonds is 5. The largest absolute Gasteiger partial charge is 0.347 e.